The van der Waals surface area contributed by atoms with Gasteiger partial charge in [-0.25, -0.2) is 8.42 Å². The zero-order chi connectivity index (χ0) is 17.7. The van der Waals surface area contributed by atoms with Crippen LogP contribution in [0, 0.1) is 0 Å². The number of nitrogens with one attached hydrogen (secondary N) is 1. The van der Waals surface area contributed by atoms with Crippen LogP contribution in [0.1, 0.15) is 25.7 Å². The fourth-order valence-electron chi connectivity index (χ4n) is 3.36. The molecule has 0 saturated carbocycles. The van der Waals surface area contributed by atoms with E-state index in [0.29, 0.717) is 24.5 Å². The van der Waals surface area contributed by atoms with Gasteiger partial charge >= 0.3 is 0 Å². The van der Waals surface area contributed by atoms with E-state index < -0.39 is 10.0 Å². The van der Waals surface area contributed by atoms with Crippen molar-refractivity contribution in [2.45, 2.75) is 36.6 Å². The van der Waals surface area contributed by atoms with Crippen molar-refractivity contribution < 1.29 is 8.42 Å². The Morgan fingerprint density at radius 3 is 2.68 bits per heavy atom. The van der Waals surface area contributed by atoms with E-state index in [2.05, 4.69) is 10.3 Å². The van der Waals surface area contributed by atoms with Gasteiger partial charge in [-0.3, -0.25) is 4.98 Å². The lowest BCUT2D eigenvalue weighted by Gasteiger charge is -2.29. The molecule has 1 saturated heterocycles. The third kappa shape index (κ3) is 6.42. The Hall–Kier alpha value is -0.670. The molecule has 160 valence electrons. The average Bonchev–Trinajstić information content (AvgIpc) is 2.87. The summed E-state index contributed by atoms with van der Waals surface area (Å²) < 4.78 is 28.3. The van der Waals surface area contributed by atoms with E-state index in [1.54, 1.807) is 28.8 Å². The van der Waals surface area contributed by atoms with E-state index in [-0.39, 0.29) is 43.3 Å². The van der Waals surface area contributed by atoms with Gasteiger partial charge in [0.25, 0.3) is 0 Å². The molecule has 0 amide bonds. The first-order valence-electron chi connectivity index (χ1n) is 8.89. The molecule has 2 heterocycles. The number of nitrogens with zero attached hydrogens (tertiary/aromatic N) is 2. The number of pyridine rings is 1. The van der Waals surface area contributed by atoms with Gasteiger partial charge in [-0.2, -0.15) is 4.31 Å². The van der Waals surface area contributed by atoms with Gasteiger partial charge in [-0.15, -0.1) is 37.2 Å². The Morgan fingerprint density at radius 1 is 1.14 bits per heavy atom. The van der Waals surface area contributed by atoms with Crippen molar-refractivity contribution in [3.05, 3.63) is 36.7 Å². The average molecular weight is 472 g/mol. The number of hydrogen-bond acceptors (Lipinski definition) is 5. The summed E-state index contributed by atoms with van der Waals surface area (Å²) in [5, 5.41) is 5.20. The van der Waals surface area contributed by atoms with Gasteiger partial charge in [0.2, 0.25) is 10.0 Å². The number of nitrogens with two attached hydrogens (primary N) is 1. The van der Waals surface area contributed by atoms with Crippen LogP contribution in [0.3, 0.4) is 0 Å². The summed E-state index contributed by atoms with van der Waals surface area (Å²) in [6.45, 7) is 2.74. The van der Waals surface area contributed by atoms with Crippen LogP contribution in [0.15, 0.2) is 41.6 Å². The first-order chi connectivity index (χ1) is 12.1. The highest BCUT2D eigenvalue weighted by Gasteiger charge is 2.32. The first-order valence-corrected chi connectivity index (χ1v) is 10.3. The fraction of sp³-hybridized carbons (Fsp3) is 0.500. The number of rotatable bonds is 6. The van der Waals surface area contributed by atoms with Crippen molar-refractivity contribution in [1.29, 1.82) is 0 Å². The number of fused-ring (bicyclic) bond motifs is 1. The maximum absolute atomic E-state index is 13.3. The van der Waals surface area contributed by atoms with E-state index in [1.165, 1.54) is 0 Å². The van der Waals surface area contributed by atoms with Crippen LogP contribution < -0.4 is 11.1 Å². The quantitative estimate of drug-likeness (QED) is 0.632. The lowest BCUT2D eigenvalue weighted by Crippen LogP contribution is -2.43. The van der Waals surface area contributed by atoms with E-state index >= 15 is 0 Å². The number of unbranched alkanes of at least 4 members (excludes halogenated alkanes) is 1. The van der Waals surface area contributed by atoms with Crippen molar-refractivity contribution >= 4 is 58.0 Å². The highest BCUT2D eigenvalue weighted by Crippen LogP contribution is 2.25. The Kier molecular flexibility index (Phi) is 12.5. The first kappa shape index (κ1) is 27.3. The minimum atomic E-state index is -3.52. The van der Waals surface area contributed by atoms with Gasteiger partial charge in [0, 0.05) is 36.9 Å². The highest BCUT2D eigenvalue weighted by atomic mass is 35.5. The molecule has 6 nitrogen and oxygen atoms in total. The molecule has 28 heavy (non-hydrogen) atoms. The molecule has 1 aromatic carbocycles. The number of hydrogen-bond donors (Lipinski definition) is 2. The maximum atomic E-state index is 13.3. The Morgan fingerprint density at radius 2 is 1.93 bits per heavy atom. The second-order valence-corrected chi connectivity index (χ2v) is 8.39. The summed E-state index contributed by atoms with van der Waals surface area (Å²) in [5.74, 6) is 0. The SMILES string of the molecule is Cl.Cl.Cl.NCCCC[C@H]1CNCCCN1S(=O)(=O)c1ccc2cnccc2c1. The molecular formula is C18H29Cl3N4O2S. The van der Waals surface area contributed by atoms with Gasteiger partial charge < -0.3 is 11.1 Å². The number of aromatic nitrogens is 1. The van der Waals surface area contributed by atoms with Crippen LogP contribution >= 0.6 is 37.2 Å². The number of halogens is 3. The molecule has 1 aliphatic heterocycles. The standard InChI is InChI=1S/C18H26N4O2S.3ClH/c19-8-2-1-4-17-14-20-9-3-11-22(17)25(23,24)18-6-5-16-13-21-10-7-15(16)12-18;;;/h5-7,10,12-13,17,20H,1-4,8-9,11,14,19H2;3*1H/t17-;;;/m0.../s1. The zero-order valence-corrected chi connectivity index (χ0v) is 18.9. The van der Waals surface area contributed by atoms with Crippen molar-refractivity contribution in [3.8, 4) is 0 Å². The summed E-state index contributed by atoms with van der Waals surface area (Å²) in [4.78, 5) is 4.44. The second kappa shape index (κ2) is 12.8. The predicted molar refractivity (Wildman–Crippen MR) is 122 cm³/mol. The van der Waals surface area contributed by atoms with Gasteiger partial charge in [0.15, 0.2) is 0 Å². The van der Waals surface area contributed by atoms with Crippen LogP contribution in [0.5, 0.6) is 0 Å². The molecule has 0 aliphatic carbocycles. The summed E-state index contributed by atoms with van der Waals surface area (Å²) in [5.41, 5.74) is 5.59. The molecule has 10 heteroatoms. The molecule has 0 spiro atoms. The second-order valence-electron chi connectivity index (χ2n) is 6.50. The van der Waals surface area contributed by atoms with E-state index in [0.717, 1.165) is 43.0 Å². The molecule has 3 rings (SSSR count). The molecule has 1 atom stereocenters. The van der Waals surface area contributed by atoms with Crippen LogP contribution in [-0.4, -0.2) is 49.9 Å². The predicted octanol–water partition coefficient (Wildman–Crippen LogP) is 2.98. The summed E-state index contributed by atoms with van der Waals surface area (Å²) >= 11 is 0. The topological polar surface area (TPSA) is 88.3 Å². The molecule has 1 aliphatic rings. The lowest BCUT2D eigenvalue weighted by molar-refractivity contribution is 0.312. The molecule has 3 N–H and O–H groups in total. The number of sulfonamides is 1. The normalized spacial score (nSPS) is 17.7. The minimum absolute atomic E-state index is 0. The minimum Gasteiger partial charge on any atom is -0.330 e. The Bertz CT molecular complexity index is 823. The highest BCUT2D eigenvalue weighted by molar-refractivity contribution is 7.89. The summed E-state index contributed by atoms with van der Waals surface area (Å²) in [6, 6.07) is 7.09. The largest absolute Gasteiger partial charge is 0.330 e. The maximum Gasteiger partial charge on any atom is 0.243 e. The smallest absolute Gasteiger partial charge is 0.243 e. The van der Waals surface area contributed by atoms with E-state index in [1.807, 2.05) is 12.1 Å². The lowest BCUT2D eigenvalue weighted by atomic mass is 10.1. The molecule has 2 aromatic rings. The van der Waals surface area contributed by atoms with Crippen molar-refractivity contribution in [2.75, 3.05) is 26.2 Å². The third-order valence-electron chi connectivity index (χ3n) is 4.73. The van der Waals surface area contributed by atoms with Crippen LogP contribution in [0.4, 0.5) is 0 Å². The molecular weight excluding hydrogens is 443 g/mol. The monoisotopic (exact) mass is 470 g/mol. The van der Waals surface area contributed by atoms with Gasteiger partial charge in [-0.05, 0) is 55.9 Å². The Balaban J connectivity index is 0.00000243. The van der Waals surface area contributed by atoms with Gasteiger partial charge in [0.1, 0.15) is 0 Å². The molecule has 1 fully saturated rings. The summed E-state index contributed by atoms with van der Waals surface area (Å²) in [6.07, 6.45) is 6.96. The van der Waals surface area contributed by atoms with Gasteiger partial charge in [0.05, 0.1) is 4.90 Å². The molecule has 0 unspecified atom stereocenters. The zero-order valence-electron chi connectivity index (χ0n) is 15.6. The van der Waals surface area contributed by atoms with Gasteiger partial charge in [-0.1, -0.05) is 12.5 Å². The molecule has 0 radical (unpaired) electrons. The number of benzene rings is 1. The molecule has 0 bridgehead atoms. The van der Waals surface area contributed by atoms with Crippen molar-refractivity contribution in [3.63, 3.8) is 0 Å². The Labute approximate surface area is 185 Å². The summed E-state index contributed by atoms with van der Waals surface area (Å²) in [7, 11) is -3.52. The fourth-order valence-corrected chi connectivity index (χ4v) is 5.09. The van der Waals surface area contributed by atoms with Crippen LogP contribution in [0.2, 0.25) is 0 Å². The van der Waals surface area contributed by atoms with Crippen molar-refractivity contribution in [2.24, 2.45) is 5.73 Å². The molecule has 1 aromatic heterocycles. The third-order valence-corrected chi connectivity index (χ3v) is 6.68. The van der Waals surface area contributed by atoms with Crippen LogP contribution in [0.25, 0.3) is 10.8 Å². The van der Waals surface area contributed by atoms with E-state index in [4.69, 9.17) is 5.73 Å². The van der Waals surface area contributed by atoms with Crippen LogP contribution in [-0.2, 0) is 10.0 Å². The van der Waals surface area contributed by atoms with E-state index in [9.17, 15) is 8.42 Å². The van der Waals surface area contributed by atoms with Crippen molar-refractivity contribution in [1.82, 2.24) is 14.6 Å².